The number of halogens is 3. The second-order valence-corrected chi connectivity index (χ2v) is 6.96. The maximum Gasteiger partial charge on any atom is 0.416 e. The number of hydrogen-bond acceptors (Lipinski definition) is 5. The number of rotatable bonds is 3. The van der Waals surface area contributed by atoms with E-state index < -0.39 is 21.9 Å². The fourth-order valence-electron chi connectivity index (χ4n) is 2.40. The van der Waals surface area contributed by atoms with Gasteiger partial charge in [0.1, 0.15) is 11.4 Å². The van der Waals surface area contributed by atoms with Gasteiger partial charge in [-0.15, -0.1) is 5.11 Å². The number of azo groups is 1. The van der Waals surface area contributed by atoms with Gasteiger partial charge in [-0.3, -0.25) is 4.55 Å². The van der Waals surface area contributed by atoms with Crippen LogP contribution in [0.1, 0.15) is 5.56 Å². The average Bonchev–Trinajstić information content (AvgIpc) is 2.59. The molecule has 3 aromatic rings. The molecule has 3 aromatic carbocycles. The molecule has 0 fully saturated rings. The Kier molecular flexibility index (Phi) is 4.62. The molecule has 27 heavy (non-hydrogen) atoms. The molecule has 0 unspecified atom stereocenters. The van der Waals surface area contributed by atoms with Crippen LogP contribution < -0.4 is 0 Å². The van der Waals surface area contributed by atoms with E-state index in [2.05, 4.69) is 10.2 Å². The second-order valence-electron chi connectivity index (χ2n) is 5.54. The van der Waals surface area contributed by atoms with Crippen LogP contribution in [0.25, 0.3) is 10.8 Å². The highest BCUT2D eigenvalue weighted by Gasteiger charge is 2.30. The minimum atomic E-state index is -4.53. The van der Waals surface area contributed by atoms with Gasteiger partial charge < -0.3 is 5.11 Å². The molecule has 0 saturated heterocycles. The summed E-state index contributed by atoms with van der Waals surface area (Å²) in [5.41, 5.74) is -1.01. The number of phenols is 1. The predicted molar refractivity (Wildman–Crippen MR) is 91.0 cm³/mol. The SMILES string of the molecule is O=S(=O)(O)c1ccc2c(N=Nc3cccc(C(F)(F)F)c3)c(O)ccc2c1. The molecule has 0 aromatic heterocycles. The fraction of sp³-hybridized carbons (Fsp3) is 0.0588. The van der Waals surface area contributed by atoms with Crippen molar-refractivity contribution in [2.75, 3.05) is 0 Å². The van der Waals surface area contributed by atoms with Crippen LogP contribution in [0.15, 0.2) is 69.7 Å². The van der Waals surface area contributed by atoms with Gasteiger partial charge in [0.05, 0.1) is 16.1 Å². The number of fused-ring (bicyclic) bond motifs is 1. The molecule has 0 atom stereocenters. The van der Waals surface area contributed by atoms with Crippen molar-refractivity contribution in [2.24, 2.45) is 10.2 Å². The van der Waals surface area contributed by atoms with Gasteiger partial charge in [0, 0.05) is 5.39 Å². The van der Waals surface area contributed by atoms with Crippen molar-refractivity contribution in [1.29, 1.82) is 0 Å². The lowest BCUT2D eigenvalue weighted by Crippen LogP contribution is -2.03. The van der Waals surface area contributed by atoms with Crippen molar-refractivity contribution in [3.8, 4) is 5.75 Å². The molecule has 3 rings (SSSR count). The van der Waals surface area contributed by atoms with E-state index in [0.29, 0.717) is 10.8 Å². The van der Waals surface area contributed by atoms with Crippen molar-refractivity contribution in [3.63, 3.8) is 0 Å². The molecule has 0 aliphatic heterocycles. The highest BCUT2D eigenvalue weighted by molar-refractivity contribution is 7.85. The molecular weight excluding hydrogens is 385 g/mol. The molecule has 0 aliphatic rings. The highest BCUT2D eigenvalue weighted by Crippen LogP contribution is 2.37. The van der Waals surface area contributed by atoms with Gasteiger partial charge in [-0.1, -0.05) is 18.2 Å². The standard InChI is InChI=1S/C17H11F3N2O4S/c18-17(19,20)11-2-1-3-12(9-11)21-22-16-14-6-5-13(27(24,25)26)8-10(14)4-7-15(16)23/h1-9,23H,(H,24,25,26). The minimum absolute atomic E-state index is 0.0493. The summed E-state index contributed by atoms with van der Waals surface area (Å²) in [4.78, 5) is -0.346. The van der Waals surface area contributed by atoms with Crippen molar-refractivity contribution >= 4 is 32.3 Å². The fourth-order valence-corrected chi connectivity index (χ4v) is 2.91. The van der Waals surface area contributed by atoms with Crippen LogP contribution in [0.4, 0.5) is 24.5 Å². The summed E-state index contributed by atoms with van der Waals surface area (Å²) >= 11 is 0. The zero-order chi connectivity index (χ0) is 19.8. The topological polar surface area (TPSA) is 99.3 Å². The van der Waals surface area contributed by atoms with Crippen molar-refractivity contribution in [1.82, 2.24) is 0 Å². The summed E-state index contributed by atoms with van der Waals surface area (Å²) in [6.07, 6.45) is -4.53. The minimum Gasteiger partial charge on any atom is -0.506 e. The van der Waals surface area contributed by atoms with Crippen LogP contribution in [0.2, 0.25) is 0 Å². The van der Waals surface area contributed by atoms with Crippen LogP contribution in [0, 0.1) is 0 Å². The van der Waals surface area contributed by atoms with E-state index in [0.717, 1.165) is 18.2 Å². The number of hydrogen-bond donors (Lipinski definition) is 2. The summed E-state index contributed by atoms with van der Waals surface area (Å²) in [5.74, 6) is -0.294. The predicted octanol–water partition coefficient (Wildman–Crippen LogP) is 5.23. The van der Waals surface area contributed by atoms with Crippen LogP contribution in [0.3, 0.4) is 0 Å². The number of phenolic OH excluding ortho intramolecular Hbond substituents is 1. The molecule has 0 saturated carbocycles. The molecular formula is C17H11F3N2O4S. The Balaban J connectivity index is 2.07. The summed E-state index contributed by atoms with van der Waals surface area (Å²) in [5, 5.41) is 18.2. The van der Waals surface area contributed by atoms with Gasteiger partial charge in [-0.25, -0.2) is 0 Å². The number of nitrogens with zero attached hydrogens (tertiary/aromatic N) is 2. The normalized spacial score (nSPS) is 12.7. The van der Waals surface area contributed by atoms with Crippen molar-refractivity contribution in [3.05, 3.63) is 60.2 Å². The maximum absolute atomic E-state index is 12.8. The molecule has 0 radical (unpaired) electrons. The van der Waals surface area contributed by atoms with E-state index >= 15 is 0 Å². The first-order valence-corrected chi connectivity index (χ1v) is 8.82. The lowest BCUT2D eigenvalue weighted by atomic mass is 10.1. The Hall–Kier alpha value is -2.98. The second kappa shape index (κ2) is 6.63. The Morgan fingerprint density at radius 2 is 1.67 bits per heavy atom. The smallest absolute Gasteiger partial charge is 0.416 e. The lowest BCUT2D eigenvalue weighted by molar-refractivity contribution is -0.137. The first kappa shape index (κ1) is 18.8. The Morgan fingerprint density at radius 3 is 2.33 bits per heavy atom. The third-order valence-corrected chi connectivity index (χ3v) is 4.53. The molecule has 0 bridgehead atoms. The maximum atomic E-state index is 12.8. The zero-order valence-electron chi connectivity index (χ0n) is 13.3. The van der Waals surface area contributed by atoms with Gasteiger partial charge in [0.2, 0.25) is 0 Å². The molecule has 2 N–H and O–H groups in total. The van der Waals surface area contributed by atoms with Crippen molar-refractivity contribution < 1.29 is 31.2 Å². The van der Waals surface area contributed by atoms with E-state index in [1.165, 1.54) is 36.4 Å². The number of alkyl halides is 3. The number of aromatic hydroxyl groups is 1. The van der Waals surface area contributed by atoms with Gasteiger partial charge in [0.25, 0.3) is 10.1 Å². The van der Waals surface area contributed by atoms with Crippen LogP contribution in [0.5, 0.6) is 5.75 Å². The van der Waals surface area contributed by atoms with Gasteiger partial charge >= 0.3 is 6.18 Å². The summed E-state index contributed by atoms with van der Waals surface area (Å²) in [6, 6.07) is 10.4. The third-order valence-electron chi connectivity index (χ3n) is 3.68. The molecule has 0 amide bonds. The van der Waals surface area contributed by atoms with Crippen molar-refractivity contribution in [2.45, 2.75) is 11.1 Å². The largest absolute Gasteiger partial charge is 0.506 e. The third kappa shape index (κ3) is 4.07. The van der Waals surface area contributed by atoms with E-state index in [1.807, 2.05) is 0 Å². The molecule has 6 nitrogen and oxygen atoms in total. The Labute approximate surface area is 151 Å². The Morgan fingerprint density at radius 1 is 0.926 bits per heavy atom. The molecule has 10 heteroatoms. The van der Waals surface area contributed by atoms with Gasteiger partial charge in [-0.2, -0.15) is 26.7 Å². The first-order chi connectivity index (χ1) is 12.6. The summed E-state index contributed by atoms with van der Waals surface area (Å²) in [7, 11) is -4.41. The first-order valence-electron chi connectivity index (χ1n) is 7.38. The molecule has 140 valence electrons. The van der Waals surface area contributed by atoms with Gasteiger partial charge in [0.15, 0.2) is 0 Å². The molecule has 0 spiro atoms. The van der Waals surface area contributed by atoms with E-state index in [-0.39, 0.29) is 22.0 Å². The van der Waals surface area contributed by atoms with E-state index in [1.54, 1.807) is 0 Å². The van der Waals surface area contributed by atoms with Crippen LogP contribution in [-0.2, 0) is 16.3 Å². The Bertz CT molecular complexity index is 1160. The lowest BCUT2D eigenvalue weighted by Gasteiger charge is -2.07. The molecule has 0 aliphatic carbocycles. The average molecular weight is 396 g/mol. The summed E-state index contributed by atoms with van der Waals surface area (Å²) in [6.45, 7) is 0. The molecule has 0 heterocycles. The van der Waals surface area contributed by atoms with Crippen LogP contribution >= 0.6 is 0 Å². The highest BCUT2D eigenvalue weighted by atomic mass is 32.2. The van der Waals surface area contributed by atoms with Gasteiger partial charge in [-0.05, 0) is 41.8 Å². The zero-order valence-corrected chi connectivity index (χ0v) is 14.2. The van der Waals surface area contributed by atoms with E-state index in [4.69, 9.17) is 4.55 Å². The quantitative estimate of drug-likeness (QED) is 0.468. The van der Waals surface area contributed by atoms with E-state index in [9.17, 15) is 26.7 Å². The summed E-state index contributed by atoms with van der Waals surface area (Å²) < 4.78 is 69.8. The number of benzene rings is 3. The monoisotopic (exact) mass is 396 g/mol. The van der Waals surface area contributed by atoms with Crippen LogP contribution in [-0.4, -0.2) is 18.1 Å².